The van der Waals surface area contributed by atoms with Crippen LogP contribution in [0.2, 0.25) is 0 Å². The zero-order chi connectivity index (χ0) is 32.9. The molecule has 1 aromatic carbocycles. The summed E-state index contributed by atoms with van der Waals surface area (Å²) in [5.74, 6) is -8.12. The van der Waals surface area contributed by atoms with Crippen LogP contribution in [0, 0.1) is 22.0 Å². The first-order chi connectivity index (χ1) is 19.7. The quantitative estimate of drug-likeness (QED) is 0.0949. The van der Waals surface area contributed by atoms with Gasteiger partial charge >= 0.3 is 16.1 Å². The van der Waals surface area contributed by atoms with E-state index in [0.29, 0.717) is 24.3 Å². The number of nitro groups is 1. The summed E-state index contributed by atoms with van der Waals surface area (Å²) in [6, 6.07) is 0.0286. The minimum atomic E-state index is -4.67. The maximum Gasteiger partial charge on any atom is 0.394 e. The van der Waals surface area contributed by atoms with Crippen LogP contribution in [-0.4, -0.2) is 104 Å². The van der Waals surface area contributed by atoms with Crippen molar-refractivity contribution in [3.05, 3.63) is 44.2 Å². The van der Waals surface area contributed by atoms with E-state index in [2.05, 4.69) is 0 Å². The number of phenolic OH excluding ortho intramolecular Hbond substituents is 1. The minimum Gasteiger partial charge on any atom is -0.508 e. The molecule has 0 saturated heterocycles. The molecule has 0 aliphatic heterocycles. The zero-order valence-electron chi connectivity index (χ0n) is 23.5. The van der Waals surface area contributed by atoms with E-state index in [0.717, 1.165) is 0 Å². The van der Waals surface area contributed by atoms with E-state index in [4.69, 9.17) is 23.3 Å². The zero-order valence-corrected chi connectivity index (χ0v) is 24.3. The fourth-order valence-corrected chi connectivity index (χ4v) is 6.26. The van der Waals surface area contributed by atoms with Gasteiger partial charge in [0.25, 0.3) is 5.91 Å². The van der Waals surface area contributed by atoms with Crippen LogP contribution in [0.5, 0.6) is 5.75 Å². The molecule has 4 atom stereocenters. The molecule has 0 radical (unpaired) electrons. The normalized spacial score (nSPS) is 25.0. The third-order valence-corrected chi connectivity index (χ3v) is 7.98. The van der Waals surface area contributed by atoms with Crippen LogP contribution in [-0.2, 0) is 31.2 Å². The van der Waals surface area contributed by atoms with Crippen molar-refractivity contribution in [1.29, 1.82) is 0 Å². The molecule has 1 saturated carbocycles. The number of rotatable bonds is 6. The largest absolute Gasteiger partial charge is 0.508 e. The number of nitrogens with two attached hydrogens (primary N) is 1. The molecule has 4 rings (SSSR count). The summed E-state index contributed by atoms with van der Waals surface area (Å²) >= 11 is 0. The Hall–Kier alpha value is -4.10. The third-order valence-electron chi connectivity index (χ3n) is 7.98. The second-order valence-electron chi connectivity index (χ2n) is 10.5. The Kier molecular flexibility index (Phi) is 8.96. The summed E-state index contributed by atoms with van der Waals surface area (Å²) in [7, 11) is -1.63. The van der Waals surface area contributed by atoms with E-state index in [1.54, 1.807) is 0 Å². The molecule has 8 N–H and O–H groups in total. The van der Waals surface area contributed by atoms with Gasteiger partial charge in [0.1, 0.15) is 17.1 Å². The Balaban J connectivity index is 0.000000934. The van der Waals surface area contributed by atoms with Crippen molar-refractivity contribution in [3.8, 4) is 5.75 Å². The van der Waals surface area contributed by atoms with Crippen molar-refractivity contribution in [1.82, 2.24) is 4.90 Å². The molecular formula is C25H32N4O13S. The molecule has 236 valence electrons. The predicted molar refractivity (Wildman–Crippen MR) is 149 cm³/mol. The number of anilines is 1. The van der Waals surface area contributed by atoms with Gasteiger partial charge in [0.15, 0.2) is 11.4 Å². The number of hydrogen-bond acceptors (Lipinski definition) is 13. The second kappa shape index (κ2) is 11.5. The summed E-state index contributed by atoms with van der Waals surface area (Å²) < 4.78 is 31.6. The van der Waals surface area contributed by atoms with Crippen molar-refractivity contribution in [2.75, 3.05) is 32.1 Å². The number of nitrogens with zero attached hydrogens (tertiary/aromatic N) is 3. The third kappa shape index (κ3) is 5.54. The number of aliphatic hydroxyl groups is 3. The van der Waals surface area contributed by atoms with Crippen molar-refractivity contribution in [3.63, 3.8) is 0 Å². The number of amides is 1. The Bertz CT molecular complexity index is 1570. The van der Waals surface area contributed by atoms with Crippen molar-refractivity contribution >= 4 is 45.0 Å². The highest BCUT2D eigenvalue weighted by Crippen LogP contribution is 2.54. The SMILES string of the molecule is CCN(CC)c1cc([N+](=O)[O-])c(O)c2c1CC1CC3[C@H](N(C)C)C(=O)C(C(N)=O)=C(O)[C@@]3(O)C(=O)C1=C2O.O=S(=O)(O)O. The van der Waals surface area contributed by atoms with Crippen LogP contribution in [0.4, 0.5) is 11.4 Å². The van der Waals surface area contributed by atoms with Gasteiger partial charge in [-0.05, 0) is 52.3 Å². The lowest BCUT2D eigenvalue weighted by atomic mass is 9.57. The Labute approximate surface area is 245 Å². The standard InChI is InChI=1S/C25H30N4O9.H2O4S/c1-5-28(6-2)13-9-14(29(37)38)19(30)16-11(13)7-10-8-12-18(27(3)4)21(32)17(24(26)35)23(34)25(12,36)22(33)15(10)20(16)31;1-5(2,3)4/h9-10,12,18,30-31,34,36H,5-8H2,1-4H3,(H2,26,35);(H2,1,2,3,4)/t10?,12?,18-,25-;/m0./s1. The molecule has 0 spiro atoms. The first-order valence-electron chi connectivity index (χ1n) is 12.9. The van der Waals surface area contributed by atoms with Gasteiger partial charge in [-0.1, -0.05) is 0 Å². The van der Waals surface area contributed by atoms with E-state index in [-0.39, 0.29) is 24.0 Å². The summed E-state index contributed by atoms with van der Waals surface area (Å²) in [5, 5.41) is 56.4. The molecule has 43 heavy (non-hydrogen) atoms. The highest BCUT2D eigenvalue weighted by molar-refractivity contribution is 7.79. The van der Waals surface area contributed by atoms with E-state index in [9.17, 15) is 44.9 Å². The molecular weight excluding hydrogens is 596 g/mol. The molecule has 0 aromatic heterocycles. The Morgan fingerprint density at radius 1 is 1.16 bits per heavy atom. The molecule has 3 aliphatic rings. The van der Waals surface area contributed by atoms with Gasteiger partial charge in [-0.15, -0.1) is 0 Å². The first-order valence-corrected chi connectivity index (χ1v) is 14.3. The minimum absolute atomic E-state index is 0.0475. The molecule has 1 fully saturated rings. The fourth-order valence-electron chi connectivity index (χ4n) is 6.26. The number of hydrogen-bond donors (Lipinski definition) is 7. The number of primary amides is 1. The summed E-state index contributed by atoms with van der Waals surface area (Å²) in [6.45, 7) is 4.59. The topological polar surface area (TPSA) is 282 Å². The number of aliphatic hydroxyl groups excluding tert-OH is 2. The number of ketones is 2. The molecule has 2 unspecified atom stereocenters. The highest BCUT2D eigenvalue weighted by Gasteiger charge is 2.64. The number of phenols is 1. The Morgan fingerprint density at radius 3 is 2.14 bits per heavy atom. The van der Waals surface area contributed by atoms with Crippen LogP contribution in [0.1, 0.15) is 31.4 Å². The number of nitro benzene ring substituents is 1. The van der Waals surface area contributed by atoms with Crippen molar-refractivity contribution < 1.29 is 57.3 Å². The number of fused-ring (bicyclic) bond motifs is 3. The van der Waals surface area contributed by atoms with E-state index >= 15 is 0 Å². The number of likely N-dealkylation sites (N-methyl/N-ethyl adjacent to an activating group) is 1. The smallest absolute Gasteiger partial charge is 0.394 e. The lowest BCUT2D eigenvalue weighted by Crippen LogP contribution is -2.65. The highest BCUT2D eigenvalue weighted by atomic mass is 32.3. The maximum absolute atomic E-state index is 13.9. The average molecular weight is 629 g/mol. The van der Waals surface area contributed by atoms with Gasteiger partial charge in [0, 0.05) is 36.3 Å². The monoisotopic (exact) mass is 628 g/mol. The van der Waals surface area contributed by atoms with Gasteiger partial charge in [-0.2, -0.15) is 8.42 Å². The van der Waals surface area contributed by atoms with E-state index in [1.165, 1.54) is 25.1 Å². The molecule has 3 aliphatic carbocycles. The van der Waals surface area contributed by atoms with Crippen LogP contribution in [0.25, 0.3) is 5.76 Å². The summed E-state index contributed by atoms with van der Waals surface area (Å²) in [4.78, 5) is 53.3. The van der Waals surface area contributed by atoms with E-state index < -0.39 is 84.8 Å². The molecule has 1 aromatic rings. The van der Waals surface area contributed by atoms with Crippen LogP contribution in [0.3, 0.4) is 0 Å². The van der Waals surface area contributed by atoms with Crippen LogP contribution in [0.15, 0.2) is 23.0 Å². The molecule has 18 heteroatoms. The number of aromatic hydroxyl groups is 1. The molecule has 1 amide bonds. The molecule has 17 nitrogen and oxygen atoms in total. The molecule has 0 heterocycles. The number of carbonyl (C=O) groups is 3. The lowest BCUT2D eigenvalue weighted by Gasteiger charge is -2.50. The fraction of sp³-hybridized carbons (Fsp3) is 0.480. The average Bonchev–Trinajstić information content (AvgIpc) is 2.86. The van der Waals surface area contributed by atoms with Gasteiger partial charge in [-0.3, -0.25) is 38.5 Å². The number of carbonyl (C=O) groups excluding carboxylic acids is 3. The first kappa shape index (κ1) is 33.4. The maximum atomic E-state index is 13.9. The Morgan fingerprint density at radius 2 is 1.70 bits per heavy atom. The summed E-state index contributed by atoms with van der Waals surface area (Å²) in [6.07, 6.45) is -0.0207. The van der Waals surface area contributed by atoms with Gasteiger partial charge in [-0.25, -0.2) is 0 Å². The molecule has 0 bridgehead atoms. The number of benzene rings is 1. The van der Waals surface area contributed by atoms with Crippen molar-refractivity contribution in [2.24, 2.45) is 17.6 Å². The van der Waals surface area contributed by atoms with E-state index in [1.807, 2.05) is 18.7 Å². The lowest BCUT2D eigenvalue weighted by molar-refractivity contribution is -0.385. The van der Waals surface area contributed by atoms with Gasteiger partial charge in [0.2, 0.25) is 11.5 Å². The number of Topliss-reactive ketones (excluding diaryl/α,β-unsaturated/α-hetero) is 2. The summed E-state index contributed by atoms with van der Waals surface area (Å²) in [5.41, 5.74) is 1.06. The second-order valence-corrected chi connectivity index (χ2v) is 11.4. The van der Waals surface area contributed by atoms with Crippen molar-refractivity contribution in [2.45, 2.75) is 38.3 Å². The van der Waals surface area contributed by atoms with Crippen LogP contribution >= 0.6 is 0 Å². The van der Waals surface area contributed by atoms with Crippen LogP contribution < -0.4 is 10.6 Å². The van der Waals surface area contributed by atoms with Gasteiger partial charge in [0.05, 0.1) is 16.5 Å². The predicted octanol–water partition coefficient (Wildman–Crippen LogP) is 0.0656. The van der Waals surface area contributed by atoms with Gasteiger partial charge < -0.3 is 31.1 Å².